The lowest BCUT2D eigenvalue weighted by atomic mass is 10.4. The van der Waals surface area contributed by atoms with Crippen LogP contribution in [0.2, 0.25) is 5.15 Å². The molecule has 0 bridgehead atoms. The third-order valence-electron chi connectivity index (χ3n) is 2.21. The third-order valence-corrected chi connectivity index (χ3v) is 3.31. The molecule has 0 atom stereocenters. The van der Waals surface area contributed by atoms with Crippen molar-refractivity contribution in [2.24, 2.45) is 0 Å². The van der Waals surface area contributed by atoms with Crippen molar-refractivity contribution in [3.8, 4) is 0 Å². The van der Waals surface area contributed by atoms with Gasteiger partial charge >= 0.3 is 0 Å². The first-order valence-electron chi connectivity index (χ1n) is 4.74. The van der Waals surface area contributed by atoms with Crippen molar-refractivity contribution in [3.05, 3.63) is 33.6 Å². The van der Waals surface area contributed by atoms with Crippen LogP contribution in [0.25, 0.3) is 0 Å². The Morgan fingerprint density at radius 1 is 1.44 bits per heavy atom. The molecule has 0 N–H and O–H groups in total. The quantitative estimate of drug-likeness (QED) is 0.844. The van der Waals surface area contributed by atoms with Gasteiger partial charge in [0.25, 0.3) is 0 Å². The van der Waals surface area contributed by atoms with Crippen molar-refractivity contribution < 1.29 is 0 Å². The molecule has 2 aromatic heterocycles. The molecular weight excluding hydrogens is 244 g/mol. The first kappa shape index (κ1) is 11.3. The molecule has 16 heavy (non-hydrogen) atoms. The number of hydrogen-bond donors (Lipinski definition) is 0. The van der Waals surface area contributed by atoms with Gasteiger partial charge in [-0.15, -0.1) is 11.3 Å². The zero-order chi connectivity index (χ0) is 11.5. The summed E-state index contributed by atoms with van der Waals surface area (Å²) in [4.78, 5) is 15.6. The van der Waals surface area contributed by atoms with Crippen LogP contribution in [0.1, 0.15) is 10.6 Å². The highest BCUT2D eigenvalue weighted by molar-refractivity contribution is 7.09. The Morgan fingerprint density at radius 2 is 2.25 bits per heavy atom. The number of thiazole rings is 1. The second kappa shape index (κ2) is 4.76. The molecule has 0 aliphatic carbocycles. The standard InChI is InChI=1S/C10H11ClN4S/c1-7-8(16-6-13-7)5-15(2)10-4-12-3-9(11)14-10/h3-4,6H,5H2,1-2H3. The molecule has 2 aromatic rings. The largest absolute Gasteiger partial charge is 0.353 e. The average Bonchev–Trinajstić information content (AvgIpc) is 2.64. The van der Waals surface area contributed by atoms with Crippen molar-refractivity contribution >= 4 is 28.8 Å². The van der Waals surface area contributed by atoms with E-state index in [2.05, 4.69) is 15.0 Å². The lowest BCUT2D eigenvalue weighted by molar-refractivity contribution is 0.893. The summed E-state index contributed by atoms with van der Waals surface area (Å²) in [6.07, 6.45) is 3.22. The van der Waals surface area contributed by atoms with Gasteiger partial charge in [-0.2, -0.15) is 0 Å². The van der Waals surface area contributed by atoms with E-state index in [1.54, 1.807) is 17.5 Å². The van der Waals surface area contributed by atoms with Crippen molar-refractivity contribution in [1.29, 1.82) is 0 Å². The predicted molar refractivity (Wildman–Crippen MR) is 66.0 cm³/mol. The van der Waals surface area contributed by atoms with Gasteiger partial charge in [-0.3, -0.25) is 4.98 Å². The highest BCUT2D eigenvalue weighted by atomic mass is 35.5. The molecule has 0 aliphatic rings. The number of nitrogens with zero attached hydrogens (tertiary/aromatic N) is 4. The van der Waals surface area contributed by atoms with Crippen LogP contribution in [0.3, 0.4) is 0 Å². The number of aryl methyl sites for hydroxylation is 1. The van der Waals surface area contributed by atoms with E-state index >= 15 is 0 Å². The van der Waals surface area contributed by atoms with Crippen LogP contribution < -0.4 is 4.90 Å². The molecule has 4 nitrogen and oxygen atoms in total. The maximum atomic E-state index is 5.79. The normalized spacial score (nSPS) is 10.4. The highest BCUT2D eigenvalue weighted by Gasteiger charge is 2.08. The first-order chi connectivity index (χ1) is 7.66. The fraction of sp³-hybridized carbons (Fsp3) is 0.300. The Hall–Kier alpha value is -1.20. The first-order valence-corrected chi connectivity index (χ1v) is 6.00. The average molecular weight is 255 g/mol. The third kappa shape index (κ3) is 2.48. The zero-order valence-electron chi connectivity index (χ0n) is 9.01. The molecule has 0 amide bonds. The lowest BCUT2D eigenvalue weighted by Gasteiger charge is -2.16. The minimum Gasteiger partial charge on any atom is -0.353 e. The van der Waals surface area contributed by atoms with Gasteiger partial charge in [-0.25, -0.2) is 9.97 Å². The number of hydrogen-bond acceptors (Lipinski definition) is 5. The van der Waals surface area contributed by atoms with E-state index in [1.807, 2.05) is 24.4 Å². The van der Waals surface area contributed by atoms with Crippen LogP contribution in [-0.4, -0.2) is 22.0 Å². The molecule has 0 unspecified atom stereocenters. The SMILES string of the molecule is Cc1ncsc1CN(C)c1cncc(Cl)n1. The summed E-state index contributed by atoms with van der Waals surface area (Å²) in [6.45, 7) is 2.77. The molecule has 0 aromatic carbocycles. The molecule has 84 valence electrons. The number of anilines is 1. The van der Waals surface area contributed by atoms with Gasteiger partial charge in [0.05, 0.1) is 30.1 Å². The van der Waals surface area contributed by atoms with Gasteiger partial charge in [0.2, 0.25) is 0 Å². The smallest absolute Gasteiger partial charge is 0.149 e. The Balaban J connectivity index is 2.14. The topological polar surface area (TPSA) is 41.9 Å². The van der Waals surface area contributed by atoms with Gasteiger partial charge in [-0.05, 0) is 6.92 Å². The fourth-order valence-electron chi connectivity index (χ4n) is 1.29. The predicted octanol–water partition coefficient (Wildman–Crippen LogP) is 2.53. The summed E-state index contributed by atoms with van der Waals surface area (Å²) in [6, 6.07) is 0. The monoisotopic (exact) mass is 254 g/mol. The summed E-state index contributed by atoms with van der Waals surface area (Å²) in [5.41, 5.74) is 2.91. The maximum Gasteiger partial charge on any atom is 0.149 e. The minimum absolute atomic E-state index is 0.408. The van der Waals surface area contributed by atoms with Crippen molar-refractivity contribution in [3.63, 3.8) is 0 Å². The second-order valence-electron chi connectivity index (χ2n) is 3.42. The van der Waals surface area contributed by atoms with Gasteiger partial charge in [-0.1, -0.05) is 11.6 Å². The summed E-state index contributed by atoms with van der Waals surface area (Å²) in [5, 5.41) is 0.408. The second-order valence-corrected chi connectivity index (χ2v) is 4.74. The van der Waals surface area contributed by atoms with Crippen LogP contribution in [0, 0.1) is 6.92 Å². The number of aromatic nitrogens is 3. The molecule has 2 heterocycles. The minimum atomic E-state index is 0.408. The Labute approximate surface area is 103 Å². The van der Waals surface area contributed by atoms with Crippen LogP contribution in [0.5, 0.6) is 0 Å². The molecule has 0 fully saturated rings. The molecule has 0 saturated heterocycles. The van der Waals surface area contributed by atoms with Crippen molar-refractivity contribution in [2.75, 3.05) is 11.9 Å². The van der Waals surface area contributed by atoms with Gasteiger partial charge in [0, 0.05) is 11.9 Å². The fourth-order valence-corrected chi connectivity index (χ4v) is 2.26. The summed E-state index contributed by atoms with van der Waals surface area (Å²) < 4.78 is 0. The van der Waals surface area contributed by atoms with Gasteiger partial charge in [0.15, 0.2) is 0 Å². The van der Waals surface area contributed by atoms with E-state index in [0.29, 0.717) is 5.15 Å². The molecule has 6 heteroatoms. The summed E-state index contributed by atoms with van der Waals surface area (Å²) in [7, 11) is 1.96. The number of halogens is 1. The van der Waals surface area contributed by atoms with Crippen LogP contribution >= 0.6 is 22.9 Å². The zero-order valence-corrected chi connectivity index (χ0v) is 10.6. The maximum absolute atomic E-state index is 5.79. The molecule has 0 aliphatic heterocycles. The van der Waals surface area contributed by atoms with Crippen molar-refractivity contribution in [1.82, 2.24) is 15.0 Å². The number of rotatable bonds is 3. The summed E-state index contributed by atoms with van der Waals surface area (Å²) in [5.74, 6) is 0.764. The summed E-state index contributed by atoms with van der Waals surface area (Å²) >= 11 is 7.43. The van der Waals surface area contributed by atoms with Gasteiger partial charge in [0.1, 0.15) is 11.0 Å². The molecule has 0 radical (unpaired) electrons. The molecule has 2 rings (SSSR count). The molecule has 0 spiro atoms. The van der Waals surface area contributed by atoms with E-state index < -0.39 is 0 Å². The van der Waals surface area contributed by atoms with E-state index in [1.165, 1.54) is 11.1 Å². The highest BCUT2D eigenvalue weighted by Crippen LogP contribution is 2.18. The van der Waals surface area contributed by atoms with Gasteiger partial charge < -0.3 is 4.90 Å². The van der Waals surface area contributed by atoms with E-state index in [0.717, 1.165) is 18.1 Å². The van der Waals surface area contributed by atoms with E-state index in [-0.39, 0.29) is 0 Å². The van der Waals surface area contributed by atoms with Crippen LogP contribution in [0.4, 0.5) is 5.82 Å². The Bertz CT molecular complexity index is 485. The molecule has 0 saturated carbocycles. The van der Waals surface area contributed by atoms with E-state index in [4.69, 9.17) is 11.6 Å². The van der Waals surface area contributed by atoms with E-state index in [9.17, 15) is 0 Å². The Kier molecular flexibility index (Phi) is 3.36. The lowest BCUT2D eigenvalue weighted by Crippen LogP contribution is -2.17. The Morgan fingerprint density at radius 3 is 2.88 bits per heavy atom. The molecular formula is C10H11ClN4S. The van der Waals surface area contributed by atoms with Crippen LogP contribution in [-0.2, 0) is 6.54 Å². The van der Waals surface area contributed by atoms with Crippen molar-refractivity contribution in [2.45, 2.75) is 13.5 Å². The van der Waals surface area contributed by atoms with Crippen LogP contribution in [0.15, 0.2) is 17.9 Å².